The average Bonchev–Trinajstić information content (AvgIpc) is 2.34. The second-order valence-electron chi connectivity index (χ2n) is 2.20. The van der Waals surface area contributed by atoms with Crippen LogP contribution in [0.5, 0.6) is 0 Å². The molecule has 0 spiro atoms. The lowest BCUT2D eigenvalue weighted by Crippen LogP contribution is -2.17. The van der Waals surface area contributed by atoms with E-state index in [0.717, 1.165) is 17.2 Å². The summed E-state index contributed by atoms with van der Waals surface area (Å²) in [4.78, 5) is 10.6. The van der Waals surface area contributed by atoms with Crippen LogP contribution in [-0.4, -0.2) is 11.7 Å². The Morgan fingerprint density at radius 3 is 3.09 bits per heavy atom. The van der Waals surface area contributed by atoms with Gasteiger partial charge >= 0.3 is 0 Å². The molecule has 0 aromatic heterocycles. The van der Waals surface area contributed by atoms with Crippen LogP contribution in [0.15, 0.2) is 10.6 Å². The van der Waals surface area contributed by atoms with E-state index in [4.69, 9.17) is 5.26 Å². The smallest absolute Gasteiger partial charge is 0.221 e. The first-order valence-corrected chi connectivity index (χ1v) is 4.26. The Morgan fingerprint density at radius 2 is 2.55 bits per heavy atom. The predicted molar refractivity (Wildman–Crippen MR) is 43.5 cm³/mol. The molecule has 0 saturated carbocycles. The quantitative estimate of drug-likeness (QED) is 0.635. The number of nitrogens with zero attached hydrogens (tertiary/aromatic N) is 1. The second kappa shape index (κ2) is 3.44. The molecule has 0 aromatic rings. The summed E-state index contributed by atoms with van der Waals surface area (Å²) in [6.45, 7) is 1.45. The van der Waals surface area contributed by atoms with Gasteiger partial charge in [-0.3, -0.25) is 4.79 Å². The number of nitrogens with one attached hydrogen (secondary N) is 1. The number of hydrogen-bond donors (Lipinski definition) is 1. The fourth-order valence-electron chi connectivity index (χ4n) is 0.834. The van der Waals surface area contributed by atoms with Gasteiger partial charge in [0, 0.05) is 12.7 Å². The number of carbonyl (C=O) groups excluding carboxylic acids is 1. The van der Waals surface area contributed by atoms with Crippen molar-refractivity contribution in [1.29, 1.82) is 5.26 Å². The third-order valence-electron chi connectivity index (χ3n) is 1.30. The van der Waals surface area contributed by atoms with Crippen LogP contribution in [0.25, 0.3) is 0 Å². The van der Waals surface area contributed by atoms with Crippen LogP contribution in [0, 0.1) is 11.3 Å². The van der Waals surface area contributed by atoms with Gasteiger partial charge in [0.15, 0.2) is 0 Å². The molecule has 4 heteroatoms. The second-order valence-corrected chi connectivity index (χ2v) is 3.30. The van der Waals surface area contributed by atoms with Crippen molar-refractivity contribution in [3.63, 3.8) is 0 Å². The lowest BCUT2D eigenvalue weighted by atomic mass is 10.2. The molecular weight excluding hydrogens is 160 g/mol. The van der Waals surface area contributed by atoms with Crippen LogP contribution < -0.4 is 5.32 Å². The Bertz CT molecular complexity index is 252. The Kier molecular flexibility index (Phi) is 2.55. The van der Waals surface area contributed by atoms with Gasteiger partial charge in [0.05, 0.1) is 16.7 Å². The summed E-state index contributed by atoms with van der Waals surface area (Å²) in [6.07, 6.45) is 0.775. The Morgan fingerprint density at radius 1 is 1.82 bits per heavy atom. The van der Waals surface area contributed by atoms with Gasteiger partial charge in [0.25, 0.3) is 0 Å². The number of nitriles is 1. The highest BCUT2D eigenvalue weighted by Crippen LogP contribution is 2.28. The van der Waals surface area contributed by atoms with E-state index in [2.05, 4.69) is 11.4 Å². The van der Waals surface area contributed by atoms with Crippen molar-refractivity contribution in [3.8, 4) is 6.07 Å². The highest BCUT2D eigenvalue weighted by molar-refractivity contribution is 8.03. The molecule has 0 unspecified atom stereocenters. The summed E-state index contributed by atoms with van der Waals surface area (Å²) < 4.78 is 0. The predicted octanol–water partition coefficient (Wildman–Crippen LogP) is 0.995. The fourth-order valence-corrected chi connectivity index (χ4v) is 1.88. The van der Waals surface area contributed by atoms with Gasteiger partial charge in [-0.1, -0.05) is 0 Å². The third kappa shape index (κ3) is 1.99. The van der Waals surface area contributed by atoms with Gasteiger partial charge in [0.1, 0.15) is 0 Å². The lowest BCUT2D eigenvalue weighted by molar-refractivity contribution is -0.118. The number of hydrogen-bond acceptors (Lipinski definition) is 3. The molecule has 0 saturated heterocycles. The number of carbonyl (C=O) groups is 1. The van der Waals surface area contributed by atoms with Crippen LogP contribution in [0.4, 0.5) is 0 Å². The molecule has 0 aliphatic carbocycles. The standard InChI is InChI=1S/C7H8N2OS/c1-5(10)9-7-6(4-8)2-3-11-7/h2-3H2,1H3,(H,9,10). The van der Waals surface area contributed by atoms with Crippen molar-refractivity contribution in [2.24, 2.45) is 0 Å². The van der Waals surface area contributed by atoms with E-state index in [1.165, 1.54) is 18.7 Å². The third-order valence-corrected chi connectivity index (χ3v) is 2.34. The molecule has 0 atom stereocenters. The summed E-state index contributed by atoms with van der Waals surface area (Å²) in [5.41, 5.74) is 0.699. The van der Waals surface area contributed by atoms with E-state index < -0.39 is 0 Å². The van der Waals surface area contributed by atoms with Gasteiger partial charge in [0.2, 0.25) is 5.91 Å². The molecule has 1 rings (SSSR count). The minimum atomic E-state index is -0.109. The fraction of sp³-hybridized carbons (Fsp3) is 0.429. The first-order valence-electron chi connectivity index (χ1n) is 3.27. The van der Waals surface area contributed by atoms with Crippen molar-refractivity contribution < 1.29 is 4.79 Å². The molecule has 0 bridgehead atoms. The number of amides is 1. The van der Waals surface area contributed by atoms with E-state index in [0.29, 0.717) is 5.57 Å². The van der Waals surface area contributed by atoms with Crippen LogP contribution in [0.3, 0.4) is 0 Å². The Hall–Kier alpha value is -0.950. The molecule has 0 fully saturated rings. The van der Waals surface area contributed by atoms with Gasteiger partial charge in [-0.2, -0.15) is 5.26 Å². The summed E-state index contributed by atoms with van der Waals surface area (Å²) in [5.74, 6) is 0.792. The van der Waals surface area contributed by atoms with Crippen molar-refractivity contribution in [3.05, 3.63) is 10.6 Å². The van der Waals surface area contributed by atoms with Gasteiger partial charge in [-0.25, -0.2) is 0 Å². The zero-order chi connectivity index (χ0) is 8.27. The van der Waals surface area contributed by atoms with E-state index in [1.54, 1.807) is 0 Å². The Labute approximate surface area is 69.5 Å². The molecule has 1 N–H and O–H groups in total. The topological polar surface area (TPSA) is 52.9 Å². The van der Waals surface area contributed by atoms with Gasteiger partial charge in [-0.15, -0.1) is 11.8 Å². The summed E-state index contributed by atoms with van der Waals surface area (Å²) in [7, 11) is 0. The summed E-state index contributed by atoms with van der Waals surface area (Å²) >= 11 is 1.53. The first-order chi connectivity index (χ1) is 5.24. The summed E-state index contributed by atoms with van der Waals surface area (Å²) in [6, 6.07) is 2.06. The van der Waals surface area contributed by atoms with Crippen molar-refractivity contribution in [2.45, 2.75) is 13.3 Å². The minimum absolute atomic E-state index is 0.109. The van der Waals surface area contributed by atoms with Crippen LogP contribution in [0.2, 0.25) is 0 Å². The molecule has 1 amide bonds. The molecule has 58 valence electrons. The van der Waals surface area contributed by atoms with Crippen molar-refractivity contribution in [2.75, 3.05) is 5.75 Å². The molecule has 0 aromatic carbocycles. The van der Waals surface area contributed by atoms with Gasteiger partial charge in [-0.05, 0) is 6.42 Å². The monoisotopic (exact) mass is 168 g/mol. The maximum Gasteiger partial charge on any atom is 0.221 e. The zero-order valence-corrected chi connectivity index (χ0v) is 6.99. The Balaban J connectivity index is 2.69. The van der Waals surface area contributed by atoms with E-state index in [-0.39, 0.29) is 5.91 Å². The number of thioether (sulfide) groups is 1. The highest BCUT2D eigenvalue weighted by atomic mass is 32.2. The average molecular weight is 168 g/mol. The van der Waals surface area contributed by atoms with Crippen LogP contribution >= 0.6 is 11.8 Å². The largest absolute Gasteiger partial charge is 0.320 e. The van der Waals surface area contributed by atoms with Crippen molar-refractivity contribution >= 4 is 17.7 Å². The van der Waals surface area contributed by atoms with Crippen molar-refractivity contribution in [1.82, 2.24) is 5.32 Å². The molecule has 1 aliphatic heterocycles. The SMILES string of the molecule is CC(=O)NC1=C(C#N)CCS1. The molecule has 1 heterocycles. The van der Waals surface area contributed by atoms with Gasteiger partial charge < -0.3 is 5.32 Å². The van der Waals surface area contributed by atoms with Crippen LogP contribution in [-0.2, 0) is 4.79 Å². The lowest BCUT2D eigenvalue weighted by Gasteiger charge is -2.00. The molecular formula is C7H8N2OS. The first kappa shape index (κ1) is 8.15. The van der Waals surface area contributed by atoms with Crippen LogP contribution in [0.1, 0.15) is 13.3 Å². The number of allylic oxidation sites excluding steroid dienone is 1. The maximum atomic E-state index is 10.6. The summed E-state index contributed by atoms with van der Waals surface area (Å²) in [5, 5.41) is 11.9. The number of rotatable bonds is 1. The van der Waals surface area contributed by atoms with E-state index >= 15 is 0 Å². The zero-order valence-electron chi connectivity index (χ0n) is 6.18. The molecule has 1 aliphatic rings. The molecule has 11 heavy (non-hydrogen) atoms. The normalized spacial score (nSPS) is 16.4. The minimum Gasteiger partial charge on any atom is -0.320 e. The highest BCUT2D eigenvalue weighted by Gasteiger charge is 2.15. The van der Waals surface area contributed by atoms with E-state index in [9.17, 15) is 4.79 Å². The van der Waals surface area contributed by atoms with E-state index in [1.807, 2.05) is 0 Å². The molecule has 0 radical (unpaired) electrons. The molecule has 3 nitrogen and oxygen atoms in total. The maximum absolute atomic E-state index is 10.6.